The average Bonchev–Trinajstić information content (AvgIpc) is 2.21. The summed E-state index contributed by atoms with van der Waals surface area (Å²) in [5.41, 5.74) is 0.414. The monoisotopic (exact) mass is 398 g/mol. The summed E-state index contributed by atoms with van der Waals surface area (Å²) in [7, 11) is 1.26. The second-order valence-electron chi connectivity index (χ2n) is 2.83. The highest BCUT2D eigenvalue weighted by Gasteiger charge is 2.17. The van der Waals surface area contributed by atoms with Gasteiger partial charge < -0.3 is 10.1 Å². The van der Waals surface area contributed by atoms with E-state index in [-0.39, 0.29) is 11.6 Å². The standard InChI is InChI=1S/C9H8BrIN2O3/c1-4(14)12-6-3-5(10)8(11)13-7(6)9(15)16-2/h3H,1-2H3,(H,12,14). The first kappa shape index (κ1) is 13.4. The zero-order valence-corrected chi connectivity index (χ0v) is 12.2. The Balaban J connectivity index is 3.27. The molecule has 0 unspecified atom stereocenters. The molecule has 0 bridgehead atoms. The number of hydrogen-bond acceptors (Lipinski definition) is 4. The van der Waals surface area contributed by atoms with Crippen LogP contribution in [0.15, 0.2) is 10.5 Å². The van der Waals surface area contributed by atoms with Crippen molar-refractivity contribution in [3.8, 4) is 0 Å². The molecule has 1 N–H and O–H groups in total. The molecule has 16 heavy (non-hydrogen) atoms. The first-order valence-corrected chi connectivity index (χ1v) is 6.04. The van der Waals surface area contributed by atoms with E-state index in [1.165, 1.54) is 14.0 Å². The van der Waals surface area contributed by atoms with E-state index in [1.807, 2.05) is 22.6 Å². The van der Waals surface area contributed by atoms with Gasteiger partial charge in [0, 0.05) is 6.92 Å². The lowest BCUT2D eigenvalue weighted by molar-refractivity contribution is -0.114. The summed E-state index contributed by atoms with van der Waals surface area (Å²) in [6, 6.07) is 1.61. The Morgan fingerprint density at radius 2 is 2.19 bits per heavy atom. The second-order valence-corrected chi connectivity index (χ2v) is 4.71. The maximum absolute atomic E-state index is 11.4. The van der Waals surface area contributed by atoms with Crippen LogP contribution in [0.1, 0.15) is 17.4 Å². The van der Waals surface area contributed by atoms with E-state index in [0.717, 1.165) is 0 Å². The van der Waals surface area contributed by atoms with Gasteiger partial charge in [-0.25, -0.2) is 9.78 Å². The van der Waals surface area contributed by atoms with Crippen molar-refractivity contribution in [2.75, 3.05) is 12.4 Å². The lowest BCUT2D eigenvalue weighted by Crippen LogP contribution is -2.14. The smallest absolute Gasteiger partial charge is 0.358 e. The van der Waals surface area contributed by atoms with E-state index < -0.39 is 5.97 Å². The zero-order chi connectivity index (χ0) is 12.3. The molecule has 0 saturated carbocycles. The third-order valence-electron chi connectivity index (χ3n) is 1.62. The number of halogens is 2. The SMILES string of the molecule is COC(=O)c1nc(I)c(Br)cc1NC(C)=O. The maximum atomic E-state index is 11.4. The Bertz CT molecular complexity index is 451. The van der Waals surface area contributed by atoms with E-state index >= 15 is 0 Å². The van der Waals surface area contributed by atoms with E-state index in [0.29, 0.717) is 13.9 Å². The first-order valence-electron chi connectivity index (χ1n) is 4.17. The van der Waals surface area contributed by atoms with Gasteiger partial charge in [-0.3, -0.25) is 4.79 Å². The Kier molecular flexibility index (Phi) is 4.66. The van der Waals surface area contributed by atoms with Crippen LogP contribution in [-0.4, -0.2) is 24.0 Å². The molecule has 0 spiro atoms. The molecule has 1 heterocycles. The van der Waals surface area contributed by atoms with Crippen LogP contribution in [0.25, 0.3) is 0 Å². The number of ether oxygens (including phenoxy) is 1. The van der Waals surface area contributed by atoms with Crippen molar-refractivity contribution in [1.29, 1.82) is 0 Å². The van der Waals surface area contributed by atoms with Gasteiger partial charge in [0.15, 0.2) is 5.69 Å². The minimum absolute atomic E-state index is 0.0882. The van der Waals surface area contributed by atoms with Crippen molar-refractivity contribution in [3.05, 3.63) is 19.9 Å². The molecule has 0 saturated heterocycles. The third kappa shape index (κ3) is 3.14. The number of methoxy groups -OCH3 is 1. The van der Waals surface area contributed by atoms with Gasteiger partial charge in [0.2, 0.25) is 5.91 Å². The largest absolute Gasteiger partial charge is 0.464 e. The summed E-state index contributed by atoms with van der Waals surface area (Å²) < 4.78 is 5.90. The predicted molar refractivity (Wildman–Crippen MR) is 70.3 cm³/mol. The molecule has 0 aliphatic heterocycles. The fourth-order valence-electron chi connectivity index (χ4n) is 1.00. The number of amides is 1. The number of nitrogens with zero attached hydrogens (tertiary/aromatic N) is 1. The van der Waals surface area contributed by atoms with Crippen molar-refractivity contribution in [2.45, 2.75) is 6.92 Å². The number of pyridine rings is 1. The Hall–Kier alpha value is -0.700. The molecule has 0 aliphatic carbocycles. The van der Waals surface area contributed by atoms with Gasteiger partial charge in [-0.15, -0.1) is 0 Å². The number of carbonyl (C=O) groups excluding carboxylic acids is 2. The highest BCUT2D eigenvalue weighted by molar-refractivity contribution is 14.1. The van der Waals surface area contributed by atoms with Gasteiger partial charge >= 0.3 is 5.97 Å². The van der Waals surface area contributed by atoms with Crippen LogP contribution in [0.4, 0.5) is 5.69 Å². The van der Waals surface area contributed by atoms with E-state index in [4.69, 9.17) is 0 Å². The highest BCUT2D eigenvalue weighted by atomic mass is 127. The number of hydrogen-bond donors (Lipinski definition) is 1. The molecule has 5 nitrogen and oxygen atoms in total. The van der Waals surface area contributed by atoms with E-state index in [2.05, 4.69) is 31.0 Å². The molecule has 1 rings (SSSR count). The van der Waals surface area contributed by atoms with Crippen molar-refractivity contribution in [1.82, 2.24) is 4.98 Å². The molecule has 0 fully saturated rings. The molecule has 7 heteroatoms. The fourth-order valence-corrected chi connectivity index (χ4v) is 1.72. The van der Waals surface area contributed by atoms with Crippen LogP contribution in [0.2, 0.25) is 0 Å². The Morgan fingerprint density at radius 3 is 2.69 bits per heavy atom. The number of aromatic nitrogens is 1. The molecule has 86 valence electrons. The van der Waals surface area contributed by atoms with Crippen molar-refractivity contribution < 1.29 is 14.3 Å². The molecule has 0 radical (unpaired) electrons. The topological polar surface area (TPSA) is 68.3 Å². The summed E-state index contributed by atoms with van der Waals surface area (Å²) in [5, 5.41) is 2.52. The maximum Gasteiger partial charge on any atom is 0.358 e. The van der Waals surface area contributed by atoms with Crippen molar-refractivity contribution >= 4 is 56.1 Å². The number of carbonyl (C=O) groups is 2. The Morgan fingerprint density at radius 1 is 1.56 bits per heavy atom. The van der Waals surface area contributed by atoms with Crippen LogP contribution < -0.4 is 5.32 Å². The van der Waals surface area contributed by atoms with Gasteiger partial charge in [-0.05, 0) is 44.6 Å². The molecule has 0 aliphatic rings. The summed E-state index contributed by atoms with van der Waals surface area (Å²) in [6.07, 6.45) is 0. The lowest BCUT2D eigenvalue weighted by atomic mass is 10.3. The molecule has 1 amide bonds. The number of rotatable bonds is 2. The summed E-state index contributed by atoms with van der Waals surface area (Å²) in [5.74, 6) is -0.866. The molecule has 1 aromatic heterocycles. The van der Waals surface area contributed by atoms with Gasteiger partial charge in [-0.2, -0.15) is 0 Å². The van der Waals surface area contributed by atoms with Crippen LogP contribution in [-0.2, 0) is 9.53 Å². The Labute approximate surface area is 114 Å². The van der Waals surface area contributed by atoms with Gasteiger partial charge in [-0.1, -0.05) is 0 Å². The van der Waals surface area contributed by atoms with E-state index in [1.54, 1.807) is 6.07 Å². The summed E-state index contributed by atoms with van der Waals surface area (Å²) in [6.45, 7) is 1.35. The normalized spacial score (nSPS) is 9.75. The second kappa shape index (κ2) is 5.58. The molecule has 0 aromatic carbocycles. The van der Waals surface area contributed by atoms with Gasteiger partial charge in [0.25, 0.3) is 0 Å². The quantitative estimate of drug-likeness (QED) is 0.471. The fraction of sp³-hybridized carbons (Fsp3) is 0.222. The minimum Gasteiger partial charge on any atom is -0.464 e. The molecule has 0 atom stereocenters. The van der Waals surface area contributed by atoms with Crippen molar-refractivity contribution in [3.63, 3.8) is 0 Å². The number of nitrogens with one attached hydrogen (secondary N) is 1. The van der Waals surface area contributed by atoms with E-state index in [9.17, 15) is 9.59 Å². The highest BCUT2D eigenvalue weighted by Crippen LogP contribution is 2.24. The van der Waals surface area contributed by atoms with Crippen molar-refractivity contribution in [2.24, 2.45) is 0 Å². The number of esters is 1. The van der Waals surface area contributed by atoms with Crippen LogP contribution in [0.3, 0.4) is 0 Å². The third-order valence-corrected chi connectivity index (χ3v) is 3.79. The predicted octanol–water partition coefficient (Wildman–Crippen LogP) is 2.19. The van der Waals surface area contributed by atoms with Crippen LogP contribution >= 0.6 is 38.5 Å². The molecular weight excluding hydrogens is 391 g/mol. The average molecular weight is 399 g/mol. The van der Waals surface area contributed by atoms with Gasteiger partial charge in [0.1, 0.15) is 3.70 Å². The molecule has 1 aromatic rings. The van der Waals surface area contributed by atoms with Gasteiger partial charge in [0.05, 0.1) is 17.3 Å². The first-order chi connectivity index (χ1) is 7.45. The molecular formula is C9H8BrIN2O3. The minimum atomic E-state index is -0.589. The summed E-state index contributed by atoms with van der Waals surface area (Å²) >= 11 is 5.24. The lowest BCUT2D eigenvalue weighted by Gasteiger charge is -2.08. The van der Waals surface area contributed by atoms with Crippen LogP contribution in [0, 0.1) is 3.70 Å². The van der Waals surface area contributed by atoms with Crippen LogP contribution in [0.5, 0.6) is 0 Å². The zero-order valence-electron chi connectivity index (χ0n) is 8.51. The number of anilines is 1. The summed E-state index contributed by atoms with van der Waals surface area (Å²) in [4.78, 5) is 26.4.